The fourth-order valence-electron chi connectivity index (χ4n) is 2.96. The highest BCUT2D eigenvalue weighted by atomic mass is 35.5. The van der Waals surface area contributed by atoms with E-state index < -0.39 is 6.04 Å². The van der Waals surface area contributed by atoms with Gasteiger partial charge in [-0.25, -0.2) is 0 Å². The van der Waals surface area contributed by atoms with Crippen LogP contribution in [0.3, 0.4) is 0 Å². The molecule has 1 atom stereocenters. The number of aryl methyl sites for hydroxylation is 1. The molecule has 0 bridgehead atoms. The summed E-state index contributed by atoms with van der Waals surface area (Å²) in [5, 5.41) is 3.44. The molecule has 0 saturated heterocycles. The molecule has 0 aromatic heterocycles. The fourth-order valence-corrected chi connectivity index (χ4v) is 3.14. The molecule has 2 aromatic carbocycles. The van der Waals surface area contributed by atoms with Crippen molar-refractivity contribution in [3.63, 3.8) is 0 Å². The first kappa shape index (κ1) is 22.8. The highest BCUT2D eigenvalue weighted by Gasteiger charge is 2.28. The molecule has 0 heterocycles. The van der Waals surface area contributed by atoms with Gasteiger partial charge < -0.3 is 15.0 Å². The first-order valence-electron chi connectivity index (χ1n) is 9.95. The quantitative estimate of drug-likeness (QED) is 0.626. The van der Waals surface area contributed by atoms with E-state index in [-0.39, 0.29) is 18.4 Å². The maximum atomic E-state index is 13.0. The Bertz CT molecular complexity index is 808. The van der Waals surface area contributed by atoms with E-state index >= 15 is 0 Å². The second-order valence-corrected chi connectivity index (χ2v) is 7.40. The van der Waals surface area contributed by atoms with Crippen LogP contribution in [0.1, 0.15) is 37.8 Å². The summed E-state index contributed by atoms with van der Waals surface area (Å²) >= 11 is 5.98. The number of halogens is 1. The first-order valence-corrected chi connectivity index (χ1v) is 10.3. The Morgan fingerprint density at radius 1 is 1.14 bits per heavy atom. The average molecular weight is 417 g/mol. The molecule has 156 valence electrons. The summed E-state index contributed by atoms with van der Waals surface area (Å²) in [7, 11) is 0. The number of amides is 2. The SMILES string of the molecule is CCCNC(=O)[C@H](CC)N(Cc1ccc(C)cc1)C(=O)COc1cccc(Cl)c1. The van der Waals surface area contributed by atoms with Crippen molar-refractivity contribution in [1.82, 2.24) is 10.2 Å². The predicted octanol–water partition coefficient (Wildman–Crippen LogP) is 4.36. The Hall–Kier alpha value is -2.53. The van der Waals surface area contributed by atoms with Crippen LogP contribution >= 0.6 is 11.6 Å². The van der Waals surface area contributed by atoms with Gasteiger partial charge in [-0.2, -0.15) is 0 Å². The average Bonchev–Trinajstić information content (AvgIpc) is 2.71. The van der Waals surface area contributed by atoms with Crippen LogP contribution in [-0.2, 0) is 16.1 Å². The maximum absolute atomic E-state index is 13.0. The summed E-state index contributed by atoms with van der Waals surface area (Å²) < 4.78 is 5.63. The topological polar surface area (TPSA) is 58.6 Å². The van der Waals surface area contributed by atoms with Gasteiger partial charge in [0, 0.05) is 18.1 Å². The van der Waals surface area contributed by atoms with Crippen molar-refractivity contribution in [2.45, 2.75) is 46.2 Å². The number of benzene rings is 2. The van der Waals surface area contributed by atoms with Gasteiger partial charge in [0.2, 0.25) is 5.91 Å². The molecule has 0 aliphatic heterocycles. The van der Waals surface area contributed by atoms with Crippen molar-refractivity contribution in [3.8, 4) is 5.75 Å². The predicted molar refractivity (Wildman–Crippen MR) is 116 cm³/mol. The van der Waals surface area contributed by atoms with Gasteiger partial charge in [-0.15, -0.1) is 0 Å². The van der Waals surface area contributed by atoms with Gasteiger partial charge in [0.05, 0.1) is 0 Å². The van der Waals surface area contributed by atoms with Crippen LogP contribution in [0, 0.1) is 6.92 Å². The van der Waals surface area contributed by atoms with Crippen molar-refractivity contribution < 1.29 is 14.3 Å². The number of nitrogens with one attached hydrogen (secondary N) is 1. The van der Waals surface area contributed by atoms with E-state index in [0.29, 0.717) is 30.3 Å². The molecule has 0 saturated carbocycles. The number of carbonyl (C=O) groups is 2. The highest BCUT2D eigenvalue weighted by Crippen LogP contribution is 2.18. The van der Waals surface area contributed by atoms with E-state index in [0.717, 1.165) is 17.5 Å². The van der Waals surface area contributed by atoms with Gasteiger partial charge >= 0.3 is 0 Å². The molecule has 2 rings (SSSR count). The van der Waals surface area contributed by atoms with Crippen LogP contribution in [0.15, 0.2) is 48.5 Å². The van der Waals surface area contributed by atoms with Gasteiger partial charge in [-0.3, -0.25) is 9.59 Å². The second-order valence-electron chi connectivity index (χ2n) is 6.97. The van der Waals surface area contributed by atoms with E-state index in [9.17, 15) is 9.59 Å². The lowest BCUT2D eigenvalue weighted by molar-refractivity contribution is -0.143. The molecular formula is C23H29ClN2O3. The van der Waals surface area contributed by atoms with Gasteiger partial charge in [-0.05, 0) is 43.5 Å². The monoisotopic (exact) mass is 416 g/mol. The number of nitrogens with zero attached hydrogens (tertiary/aromatic N) is 1. The molecule has 0 unspecified atom stereocenters. The third-order valence-electron chi connectivity index (χ3n) is 4.57. The third kappa shape index (κ3) is 7.09. The molecular weight excluding hydrogens is 388 g/mol. The molecule has 2 amide bonds. The van der Waals surface area contributed by atoms with E-state index in [2.05, 4.69) is 5.32 Å². The van der Waals surface area contributed by atoms with Crippen LogP contribution in [0.4, 0.5) is 0 Å². The summed E-state index contributed by atoms with van der Waals surface area (Å²) in [6, 6.07) is 14.3. The van der Waals surface area contributed by atoms with Crippen molar-refractivity contribution in [2.24, 2.45) is 0 Å². The molecule has 5 nitrogen and oxygen atoms in total. The van der Waals surface area contributed by atoms with E-state index in [1.807, 2.05) is 45.0 Å². The molecule has 0 fully saturated rings. The minimum Gasteiger partial charge on any atom is -0.484 e. The Morgan fingerprint density at radius 2 is 1.86 bits per heavy atom. The molecule has 0 aliphatic rings. The Morgan fingerprint density at radius 3 is 2.48 bits per heavy atom. The van der Waals surface area contributed by atoms with Crippen LogP contribution < -0.4 is 10.1 Å². The summed E-state index contributed by atoms with van der Waals surface area (Å²) in [4.78, 5) is 27.3. The summed E-state index contributed by atoms with van der Waals surface area (Å²) in [5.41, 5.74) is 2.11. The molecule has 1 N–H and O–H groups in total. The van der Waals surface area contributed by atoms with Crippen LogP contribution in [0.2, 0.25) is 5.02 Å². The molecule has 0 aliphatic carbocycles. The van der Waals surface area contributed by atoms with Crippen molar-refractivity contribution >= 4 is 23.4 Å². The lowest BCUT2D eigenvalue weighted by Crippen LogP contribution is -2.50. The Kier molecular flexibility index (Phi) is 9.00. The lowest BCUT2D eigenvalue weighted by Gasteiger charge is -2.30. The Labute approximate surface area is 178 Å². The summed E-state index contributed by atoms with van der Waals surface area (Å²) in [6.07, 6.45) is 1.36. The minimum absolute atomic E-state index is 0.141. The van der Waals surface area contributed by atoms with E-state index in [1.54, 1.807) is 29.2 Å². The van der Waals surface area contributed by atoms with Gasteiger partial charge in [-0.1, -0.05) is 61.3 Å². The van der Waals surface area contributed by atoms with Gasteiger partial charge in [0.15, 0.2) is 6.61 Å². The van der Waals surface area contributed by atoms with Gasteiger partial charge in [0.1, 0.15) is 11.8 Å². The van der Waals surface area contributed by atoms with Crippen molar-refractivity contribution in [3.05, 3.63) is 64.7 Å². The van der Waals surface area contributed by atoms with E-state index in [1.165, 1.54) is 0 Å². The minimum atomic E-state index is -0.557. The summed E-state index contributed by atoms with van der Waals surface area (Å²) in [6.45, 7) is 6.68. The number of ether oxygens (including phenoxy) is 1. The smallest absolute Gasteiger partial charge is 0.261 e. The lowest BCUT2D eigenvalue weighted by atomic mass is 10.1. The normalized spacial score (nSPS) is 11.6. The summed E-state index contributed by atoms with van der Waals surface area (Å²) in [5.74, 6) is 0.131. The number of carbonyl (C=O) groups excluding carboxylic acids is 2. The maximum Gasteiger partial charge on any atom is 0.261 e. The molecule has 6 heteroatoms. The zero-order valence-electron chi connectivity index (χ0n) is 17.3. The van der Waals surface area contributed by atoms with Crippen LogP contribution in [0.5, 0.6) is 5.75 Å². The number of hydrogen-bond donors (Lipinski definition) is 1. The zero-order valence-corrected chi connectivity index (χ0v) is 18.0. The third-order valence-corrected chi connectivity index (χ3v) is 4.80. The largest absolute Gasteiger partial charge is 0.484 e. The zero-order chi connectivity index (χ0) is 21.2. The number of hydrogen-bond acceptors (Lipinski definition) is 3. The Balaban J connectivity index is 2.17. The fraction of sp³-hybridized carbons (Fsp3) is 0.391. The van der Waals surface area contributed by atoms with E-state index in [4.69, 9.17) is 16.3 Å². The number of rotatable bonds is 10. The molecule has 0 radical (unpaired) electrons. The standard InChI is InChI=1S/C23H29ClN2O3/c1-4-13-25-23(28)21(5-2)26(15-18-11-9-17(3)10-12-18)22(27)16-29-20-8-6-7-19(24)14-20/h6-12,14,21H,4-5,13,15-16H2,1-3H3,(H,25,28)/t21-/m0/s1. The first-order chi connectivity index (χ1) is 13.9. The highest BCUT2D eigenvalue weighted by molar-refractivity contribution is 6.30. The van der Waals surface area contributed by atoms with Crippen molar-refractivity contribution in [1.29, 1.82) is 0 Å². The molecule has 2 aromatic rings. The van der Waals surface area contributed by atoms with Crippen LogP contribution in [-0.4, -0.2) is 35.9 Å². The molecule has 29 heavy (non-hydrogen) atoms. The second kappa shape index (κ2) is 11.5. The van der Waals surface area contributed by atoms with Gasteiger partial charge in [0.25, 0.3) is 5.91 Å². The van der Waals surface area contributed by atoms with Crippen molar-refractivity contribution in [2.75, 3.05) is 13.2 Å². The van der Waals surface area contributed by atoms with Crippen LogP contribution in [0.25, 0.3) is 0 Å². The molecule has 0 spiro atoms.